The number of β-amino-alcohol motifs (C(OH)–C–C–N with tert-alkyl or cyclic N) is 1. The number of hydrogen-bond donors (Lipinski definition) is 2. The number of ether oxygens (including phenoxy) is 1. The molecule has 1 amide bonds. The van der Waals surface area contributed by atoms with E-state index < -0.39 is 0 Å². The molecule has 1 aromatic carbocycles. The van der Waals surface area contributed by atoms with Gasteiger partial charge in [-0.1, -0.05) is 18.2 Å². The van der Waals surface area contributed by atoms with Crippen LogP contribution in [0.2, 0.25) is 0 Å². The van der Waals surface area contributed by atoms with E-state index in [0.29, 0.717) is 19.6 Å². The molecule has 0 bridgehead atoms. The summed E-state index contributed by atoms with van der Waals surface area (Å²) in [6, 6.07) is 9.61. The second-order valence-corrected chi connectivity index (χ2v) is 6.18. The Balaban J connectivity index is 1.36. The first-order valence-electron chi connectivity index (χ1n) is 8.33. The molecule has 0 saturated carbocycles. The van der Waals surface area contributed by atoms with Crippen molar-refractivity contribution in [1.82, 2.24) is 15.1 Å². The van der Waals surface area contributed by atoms with E-state index in [1.807, 2.05) is 35.2 Å². The Hall–Kier alpha value is -1.63. The summed E-state index contributed by atoms with van der Waals surface area (Å²) in [6.07, 6.45) is 0.143. The summed E-state index contributed by atoms with van der Waals surface area (Å²) >= 11 is 0. The molecule has 0 radical (unpaired) electrons. The van der Waals surface area contributed by atoms with Crippen LogP contribution in [0.4, 0.5) is 0 Å². The van der Waals surface area contributed by atoms with Crippen molar-refractivity contribution in [3.05, 3.63) is 30.3 Å². The summed E-state index contributed by atoms with van der Waals surface area (Å²) in [7, 11) is 0. The number of aliphatic hydroxyl groups is 1. The van der Waals surface area contributed by atoms with Crippen LogP contribution in [0.3, 0.4) is 0 Å². The lowest BCUT2D eigenvalue weighted by atomic mass is 10.1. The van der Waals surface area contributed by atoms with Gasteiger partial charge in [0.05, 0.1) is 12.1 Å². The molecule has 1 aromatic rings. The number of piperazine rings is 1. The third-order valence-electron chi connectivity index (χ3n) is 4.51. The fourth-order valence-corrected chi connectivity index (χ4v) is 3.13. The molecule has 6 nitrogen and oxygen atoms in total. The monoisotopic (exact) mass is 319 g/mol. The molecule has 0 unspecified atom stereocenters. The fourth-order valence-electron chi connectivity index (χ4n) is 3.13. The fraction of sp³-hybridized carbons (Fsp3) is 0.588. The van der Waals surface area contributed by atoms with Crippen molar-refractivity contribution >= 4 is 5.91 Å². The number of nitrogens with zero attached hydrogens (tertiary/aromatic N) is 2. The summed E-state index contributed by atoms with van der Waals surface area (Å²) in [5.74, 6) is 1.02. The van der Waals surface area contributed by atoms with E-state index in [1.165, 1.54) is 0 Å². The van der Waals surface area contributed by atoms with Crippen molar-refractivity contribution in [2.24, 2.45) is 0 Å². The zero-order valence-electron chi connectivity index (χ0n) is 13.4. The Bertz CT molecular complexity index is 503. The van der Waals surface area contributed by atoms with E-state index in [-0.39, 0.29) is 18.1 Å². The van der Waals surface area contributed by atoms with Gasteiger partial charge in [0.25, 0.3) is 0 Å². The third kappa shape index (κ3) is 4.43. The second-order valence-electron chi connectivity index (χ2n) is 6.18. The zero-order chi connectivity index (χ0) is 16.1. The number of amides is 1. The smallest absolute Gasteiger partial charge is 0.239 e. The van der Waals surface area contributed by atoms with Crippen LogP contribution in [0.1, 0.15) is 6.42 Å². The number of benzene rings is 1. The first kappa shape index (κ1) is 16.2. The molecule has 6 heteroatoms. The quantitative estimate of drug-likeness (QED) is 0.796. The molecule has 2 aliphatic heterocycles. The van der Waals surface area contributed by atoms with E-state index in [0.717, 1.165) is 38.5 Å². The number of aliphatic hydroxyl groups excluding tert-OH is 1. The average molecular weight is 319 g/mol. The van der Waals surface area contributed by atoms with Gasteiger partial charge in [-0.3, -0.25) is 9.69 Å². The maximum absolute atomic E-state index is 12.4. The Kier molecular flexibility index (Phi) is 5.48. The molecule has 0 aliphatic carbocycles. The van der Waals surface area contributed by atoms with Crippen LogP contribution in [0, 0.1) is 0 Å². The maximum Gasteiger partial charge on any atom is 0.239 e. The first-order chi connectivity index (χ1) is 11.2. The minimum Gasteiger partial charge on any atom is -0.492 e. The Morgan fingerprint density at radius 2 is 1.96 bits per heavy atom. The highest BCUT2D eigenvalue weighted by atomic mass is 16.5. The van der Waals surface area contributed by atoms with E-state index in [9.17, 15) is 9.90 Å². The molecule has 2 aliphatic rings. The highest BCUT2D eigenvalue weighted by Gasteiger charge is 2.32. The van der Waals surface area contributed by atoms with Crippen LogP contribution in [0.15, 0.2) is 30.3 Å². The Morgan fingerprint density at radius 3 is 2.61 bits per heavy atom. The van der Waals surface area contributed by atoms with Gasteiger partial charge in [-0.05, 0) is 18.6 Å². The van der Waals surface area contributed by atoms with Crippen LogP contribution >= 0.6 is 0 Å². The van der Waals surface area contributed by atoms with E-state index in [2.05, 4.69) is 10.2 Å². The molecule has 2 saturated heterocycles. The first-order valence-corrected chi connectivity index (χ1v) is 8.33. The van der Waals surface area contributed by atoms with Gasteiger partial charge in [0.2, 0.25) is 5.91 Å². The summed E-state index contributed by atoms with van der Waals surface area (Å²) < 4.78 is 5.72. The lowest BCUT2D eigenvalue weighted by Crippen LogP contribution is -2.53. The highest BCUT2D eigenvalue weighted by Crippen LogP contribution is 2.12. The van der Waals surface area contributed by atoms with Gasteiger partial charge in [0.1, 0.15) is 12.4 Å². The molecule has 23 heavy (non-hydrogen) atoms. The summed E-state index contributed by atoms with van der Waals surface area (Å²) in [5, 5.41) is 12.6. The normalized spacial score (nSPS) is 25.5. The molecular weight excluding hydrogens is 294 g/mol. The second kappa shape index (κ2) is 7.77. The minimum atomic E-state index is -0.389. The number of rotatable bonds is 5. The third-order valence-corrected chi connectivity index (χ3v) is 4.51. The molecule has 2 N–H and O–H groups in total. The number of nitrogens with one attached hydrogen (secondary N) is 1. The van der Waals surface area contributed by atoms with Crippen molar-refractivity contribution in [2.45, 2.75) is 18.6 Å². The topological polar surface area (TPSA) is 65.0 Å². The molecule has 0 spiro atoms. The van der Waals surface area contributed by atoms with Crippen molar-refractivity contribution in [2.75, 3.05) is 45.9 Å². The van der Waals surface area contributed by atoms with Gasteiger partial charge in [0.15, 0.2) is 0 Å². The lowest BCUT2D eigenvalue weighted by molar-refractivity contribution is -0.135. The predicted octanol–water partition coefficient (Wildman–Crippen LogP) is -0.0676. The van der Waals surface area contributed by atoms with Crippen LogP contribution in [-0.4, -0.2) is 78.8 Å². The van der Waals surface area contributed by atoms with E-state index in [1.54, 1.807) is 0 Å². The molecular formula is C17H25N3O3. The van der Waals surface area contributed by atoms with Crippen molar-refractivity contribution < 1.29 is 14.6 Å². The summed E-state index contributed by atoms with van der Waals surface area (Å²) in [4.78, 5) is 16.6. The predicted molar refractivity (Wildman–Crippen MR) is 87.4 cm³/mol. The van der Waals surface area contributed by atoms with Crippen LogP contribution < -0.4 is 10.1 Å². The van der Waals surface area contributed by atoms with Crippen molar-refractivity contribution in [3.63, 3.8) is 0 Å². The molecule has 2 heterocycles. The van der Waals surface area contributed by atoms with Gasteiger partial charge >= 0.3 is 0 Å². The Morgan fingerprint density at radius 1 is 1.22 bits per heavy atom. The van der Waals surface area contributed by atoms with E-state index >= 15 is 0 Å². The van der Waals surface area contributed by atoms with Gasteiger partial charge < -0.3 is 20.1 Å². The van der Waals surface area contributed by atoms with Gasteiger partial charge in [-0.25, -0.2) is 0 Å². The maximum atomic E-state index is 12.4. The molecule has 2 fully saturated rings. The minimum absolute atomic E-state index is 0.127. The number of carbonyl (C=O) groups is 1. The summed E-state index contributed by atoms with van der Waals surface area (Å²) in [6.45, 7) is 5.30. The zero-order valence-corrected chi connectivity index (χ0v) is 13.4. The molecule has 0 aromatic heterocycles. The molecule has 126 valence electrons. The molecule has 2 atom stereocenters. The lowest BCUT2D eigenvalue weighted by Gasteiger charge is -2.35. The van der Waals surface area contributed by atoms with Gasteiger partial charge in [-0.2, -0.15) is 0 Å². The van der Waals surface area contributed by atoms with Crippen LogP contribution in [-0.2, 0) is 4.79 Å². The largest absolute Gasteiger partial charge is 0.492 e. The van der Waals surface area contributed by atoms with Crippen LogP contribution in [0.5, 0.6) is 5.75 Å². The Labute approximate surface area is 137 Å². The number of carbonyl (C=O) groups excluding carboxylic acids is 1. The SMILES string of the molecule is O=C([C@@H]1C[C@H](O)CN1)N1CCN(CCOc2ccccc2)CC1. The molecule has 3 rings (SSSR count). The van der Waals surface area contributed by atoms with Crippen molar-refractivity contribution in [1.29, 1.82) is 0 Å². The van der Waals surface area contributed by atoms with E-state index in [4.69, 9.17) is 4.74 Å². The van der Waals surface area contributed by atoms with Crippen molar-refractivity contribution in [3.8, 4) is 5.75 Å². The van der Waals surface area contributed by atoms with Gasteiger partial charge in [-0.15, -0.1) is 0 Å². The average Bonchev–Trinajstić information content (AvgIpc) is 3.02. The number of hydrogen-bond acceptors (Lipinski definition) is 5. The summed E-state index contributed by atoms with van der Waals surface area (Å²) in [5.41, 5.74) is 0. The van der Waals surface area contributed by atoms with Crippen LogP contribution in [0.25, 0.3) is 0 Å². The number of para-hydroxylation sites is 1. The van der Waals surface area contributed by atoms with Gasteiger partial charge in [0, 0.05) is 39.3 Å². The highest BCUT2D eigenvalue weighted by molar-refractivity contribution is 5.82. The standard InChI is InChI=1S/C17H25N3O3/c21-14-12-16(18-13-14)17(22)20-8-6-19(7-9-20)10-11-23-15-4-2-1-3-5-15/h1-5,14,16,18,21H,6-13H2/t14-,16-/m0/s1.